The molecule has 0 saturated heterocycles. The molecule has 0 aromatic rings. The molecule has 4 aliphatic carbocycles. The average molecular weight is 251 g/mol. The zero-order valence-electron chi connectivity index (χ0n) is 12.2. The van der Waals surface area contributed by atoms with E-state index in [-0.39, 0.29) is 11.5 Å². The van der Waals surface area contributed by atoms with Crippen LogP contribution in [0.3, 0.4) is 0 Å². The highest BCUT2D eigenvalue weighted by molar-refractivity contribution is 4.99. The average Bonchev–Trinajstić information content (AvgIpc) is 2.25. The summed E-state index contributed by atoms with van der Waals surface area (Å²) in [6, 6.07) is 0. The monoisotopic (exact) mass is 251 g/mol. The first kappa shape index (κ1) is 12.9. The quantitative estimate of drug-likeness (QED) is 0.836. The topological polar surface area (TPSA) is 35.2 Å². The molecule has 4 aliphatic rings. The van der Waals surface area contributed by atoms with E-state index in [4.69, 9.17) is 10.5 Å². The van der Waals surface area contributed by atoms with Gasteiger partial charge in [0, 0.05) is 6.54 Å². The van der Waals surface area contributed by atoms with Gasteiger partial charge in [0.25, 0.3) is 0 Å². The van der Waals surface area contributed by atoms with Gasteiger partial charge in [0.2, 0.25) is 0 Å². The Hall–Kier alpha value is -0.0800. The van der Waals surface area contributed by atoms with Crippen LogP contribution in [-0.4, -0.2) is 18.8 Å². The van der Waals surface area contributed by atoms with Crippen molar-refractivity contribution in [2.24, 2.45) is 34.8 Å². The summed E-state index contributed by atoms with van der Waals surface area (Å²) in [5.74, 6) is 3.74. The van der Waals surface area contributed by atoms with Crippen LogP contribution < -0.4 is 5.73 Å². The molecule has 4 fully saturated rings. The first-order chi connectivity index (χ1) is 8.47. The molecule has 2 nitrogen and oxygen atoms in total. The number of rotatable bonds is 3. The number of hydrogen-bond acceptors (Lipinski definition) is 2. The molecule has 0 aliphatic heterocycles. The molecule has 18 heavy (non-hydrogen) atoms. The minimum absolute atomic E-state index is 0.170. The third-order valence-corrected chi connectivity index (χ3v) is 5.64. The molecule has 2 heteroatoms. The fourth-order valence-corrected chi connectivity index (χ4v) is 4.90. The van der Waals surface area contributed by atoms with Crippen molar-refractivity contribution < 1.29 is 4.74 Å². The number of hydrogen-bond donors (Lipinski definition) is 1. The van der Waals surface area contributed by atoms with Crippen molar-refractivity contribution in [3.63, 3.8) is 0 Å². The van der Waals surface area contributed by atoms with Gasteiger partial charge in [-0.2, -0.15) is 0 Å². The molecule has 0 spiro atoms. The van der Waals surface area contributed by atoms with E-state index in [9.17, 15) is 0 Å². The van der Waals surface area contributed by atoms with Crippen LogP contribution in [0.15, 0.2) is 0 Å². The predicted octanol–water partition coefficient (Wildman–Crippen LogP) is 3.20. The second kappa shape index (κ2) is 4.49. The zero-order chi connectivity index (χ0) is 12.9. The van der Waals surface area contributed by atoms with Crippen molar-refractivity contribution in [2.45, 2.75) is 65.1 Å². The first-order valence-electron chi connectivity index (χ1n) is 7.83. The van der Waals surface area contributed by atoms with Gasteiger partial charge in [-0.1, -0.05) is 20.8 Å². The van der Waals surface area contributed by atoms with Gasteiger partial charge in [0.05, 0.1) is 12.2 Å². The Morgan fingerprint density at radius 2 is 1.50 bits per heavy atom. The highest BCUT2D eigenvalue weighted by atomic mass is 16.5. The van der Waals surface area contributed by atoms with Gasteiger partial charge < -0.3 is 10.5 Å². The highest BCUT2D eigenvalue weighted by Crippen LogP contribution is 2.55. The van der Waals surface area contributed by atoms with Crippen LogP contribution >= 0.6 is 0 Å². The largest absolute Gasteiger partial charge is 0.373 e. The molecule has 104 valence electrons. The lowest BCUT2D eigenvalue weighted by Gasteiger charge is -2.55. The summed E-state index contributed by atoms with van der Waals surface area (Å²) in [4.78, 5) is 0. The molecule has 0 radical (unpaired) electrons. The van der Waals surface area contributed by atoms with Crippen molar-refractivity contribution in [3.05, 3.63) is 0 Å². The number of ether oxygens (including phenoxy) is 1. The summed E-state index contributed by atoms with van der Waals surface area (Å²) in [5, 5.41) is 0. The van der Waals surface area contributed by atoms with Gasteiger partial charge in [0.15, 0.2) is 0 Å². The molecule has 0 heterocycles. The third kappa shape index (κ3) is 2.22. The standard InChI is InChI=1S/C16H29NO/c1-16(2,3)14(9-17)18-15-12-5-10-4-11(7-12)8-13(15)6-10/h10-15H,4-9,17H2,1-3H3. The molecule has 0 aromatic carbocycles. The minimum atomic E-state index is 0.170. The normalized spacial score (nSPS) is 44.3. The van der Waals surface area contributed by atoms with Crippen LogP contribution in [0.4, 0.5) is 0 Å². The van der Waals surface area contributed by atoms with E-state index in [1.165, 1.54) is 32.1 Å². The van der Waals surface area contributed by atoms with Crippen LogP contribution in [0.25, 0.3) is 0 Å². The second-order valence-corrected chi connectivity index (χ2v) is 8.12. The van der Waals surface area contributed by atoms with E-state index in [0.717, 1.165) is 23.7 Å². The molecule has 4 saturated carbocycles. The molecule has 2 N–H and O–H groups in total. The summed E-state index contributed by atoms with van der Waals surface area (Å²) in [7, 11) is 0. The Morgan fingerprint density at radius 1 is 1.00 bits per heavy atom. The lowest BCUT2D eigenvalue weighted by atomic mass is 9.55. The van der Waals surface area contributed by atoms with Crippen LogP contribution in [0, 0.1) is 29.1 Å². The summed E-state index contributed by atoms with van der Waals surface area (Å²) in [6.07, 6.45) is 7.97. The first-order valence-corrected chi connectivity index (χ1v) is 7.83. The fourth-order valence-electron chi connectivity index (χ4n) is 4.90. The third-order valence-electron chi connectivity index (χ3n) is 5.64. The SMILES string of the molecule is CC(C)(C)C(CN)OC1C2CC3CC(C2)CC1C3. The molecular formula is C16H29NO. The molecule has 0 amide bonds. The molecule has 1 atom stereocenters. The van der Waals surface area contributed by atoms with Gasteiger partial charge >= 0.3 is 0 Å². The van der Waals surface area contributed by atoms with E-state index in [0.29, 0.717) is 12.6 Å². The van der Waals surface area contributed by atoms with Crippen molar-refractivity contribution in [3.8, 4) is 0 Å². The Morgan fingerprint density at radius 3 is 1.89 bits per heavy atom. The summed E-state index contributed by atoms with van der Waals surface area (Å²) in [6.45, 7) is 7.41. The highest BCUT2D eigenvalue weighted by Gasteiger charge is 2.49. The Bertz CT molecular complexity index is 279. The van der Waals surface area contributed by atoms with Crippen LogP contribution in [0.5, 0.6) is 0 Å². The maximum atomic E-state index is 6.52. The van der Waals surface area contributed by atoms with Gasteiger partial charge in [-0.15, -0.1) is 0 Å². The van der Waals surface area contributed by atoms with Crippen molar-refractivity contribution in [1.82, 2.24) is 0 Å². The van der Waals surface area contributed by atoms with Crippen molar-refractivity contribution in [1.29, 1.82) is 0 Å². The fraction of sp³-hybridized carbons (Fsp3) is 1.00. The van der Waals surface area contributed by atoms with Crippen molar-refractivity contribution >= 4 is 0 Å². The number of nitrogens with two attached hydrogens (primary N) is 1. The van der Waals surface area contributed by atoms with E-state index in [1.54, 1.807) is 0 Å². The van der Waals surface area contributed by atoms with E-state index < -0.39 is 0 Å². The van der Waals surface area contributed by atoms with E-state index >= 15 is 0 Å². The van der Waals surface area contributed by atoms with E-state index in [2.05, 4.69) is 20.8 Å². The van der Waals surface area contributed by atoms with E-state index in [1.807, 2.05) is 0 Å². The Balaban J connectivity index is 1.69. The van der Waals surface area contributed by atoms with Crippen LogP contribution in [-0.2, 0) is 4.74 Å². The van der Waals surface area contributed by atoms with Crippen LogP contribution in [0.1, 0.15) is 52.9 Å². The maximum Gasteiger partial charge on any atom is 0.0749 e. The van der Waals surface area contributed by atoms with Crippen molar-refractivity contribution in [2.75, 3.05) is 6.54 Å². The molecule has 4 rings (SSSR count). The lowest BCUT2D eigenvalue weighted by molar-refractivity contribution is -0.168. The minimum Gasteiger partial charge on any atom is -0.373 e. The molecule has 4 bridgehead atoms. The summed E-state index contributed by atoms with van der Waals surface area (Å²) >= 11 is 0. The molecule has 1 unspecified atom stereocenters. The second-order valence-electron chi connectivity index (χ2n) is 8.12. The summed E-state index contributed by atoms with van der Waals surface area (Å²) in [5.41, 5.74) is 6.11. The van der Waals surface area contributed by atoms with Gasteiger partial charge in [-0.05, 0) is 61.2 Å². The Labute approximate surface area is 112 Å². The van der Waals surface area contributed by atoms with Gasteiger partial charge in [0.1, 0.15) is 0 Å². The molecule has 0 aromatic heterocycles. The summed E-state index contributed by atoms with van der Waals surface area (Å²) < 4.78 is 6.52. The molecular weight excluding hydrogens is 222 g/mol. The smallest absolute Gasteiger partial charge is 0.0749 e. The maximum absolute atomic E-state index is 6.52. The Kier molecular flexibility index (Phi) is 3.22. The zero-order valence-corrected chi connectivity index (χ0v) is 12.2. The van der Waals surface area contributed by atoms with Gasteiger partial charge in [-0.3, -0.25) is 0 Å². The predicted molar refractivity (Wildman–Crippen MR) is 74.2 cm³/mol. The van der Waals surface area contributed by atoms with Crippen LogP contribution in [0.2, 0.25) is 0 Å². The van der Waals surface area contributed by atoms with Gasteiger partial charge in [-0.25, -0.2) is 0 Å². The lowest BCUT2D eigenvalue weighted by Crippen LogP contribution is -2.52.